The highest BCUT2D eigenvalue weighted by Gasteiger charge is 1.96. The van der Waals surface area contributed by atoms with Gasteiger partial charge in [0.05, 0.1) is 7.11 Å². The van der Waals surface area contributed by atoms with Crippen molar-refractivity contribution in [3.8, 4) is 17.2 Å². The Morgan fingerprint density at radius 2 is 1.00 bits per heavy atom. The lowest BCUT2D eigenvalue weighted by atomic mass is 10.3. The van der Waals surface area contributed by atoms with Crippen molar-refractivity contribution < 1.29 is 9.47 Å². The van der Waals surface area contributed by atoms with Crippen molar-refractivity contribution in [2.75, 3.05) is 7.11 Å². The number of rotatable bonds is 3. The van der Waals surface area contributed by atoms with Crippen molar-refractivity contribution in [1.82, 2.24) is 0 Å². The van der Waals surface area contributed by atoms with Gasteiger partial charge in [0, 0.05) is 8.95 Å². The third-order valence-corrected chi connectivity index (χ3v) is 3.90. The van der Waals surface area contributed by atoms with Crippen molar-refractivity contribution in [3.05, 3.63) is 87.8 Å². The molecule has 3 aromatic carbocycles. The fraction of sp³-hybridized carbons (Fsp3) is 0.0526. The number of hydrogen-bond acceptors (Lipinski definition) is 2. The molecule has 23 heavy (non-hydrogen) atoms. The van der Waals surface area contributed by atoms with E-state index in [-0.39, 0.29) is 0 Å². The zero-order valence-electron chi connectivity index (χ0n) is 12.6. The minimum atomic E-state index is 0.834. The fourth-order valence-corrected chi connectivity index (χ4v) is 2.23. The molecule has 0 N–H and O–H groups in total. The average Bonchev–Trinajstić information content (AvgIpc) is 2.60. The normalized spacial score (nSPS) is 9.52. The van der Waals surface area contributed by atoms with Crippen LogP contribution in [0.2, 0.25) is 0 Å². The lowest BCUT2D eigenvalue weighted by molar-refractivity contribution is 0.415. The molecule has 3 rings (SSSR count). The number of hydrogen-bond donors (Lipinski definition) is 0. The Bertz CT molecular complexity index is 652. The van der Waals surface area contributed by atoms with Gasteiger partial charge in [0.1, 0.15) is 17.2 Å². The Morgan fingerprint density at radius 3 is 1.35 bits per heavy atom. The zero-order valence-corrected chi connectivity index (χ0v) is 15.7. The van der Waals surface area contributed by atoms with Crippen LogP contribution in [0.25, 0.3) is 0 Å². The molecule has 0 heterocycles. The van der Waals surface area contributed by atoms with Crippen LogP contribution in [-0.4, -0.2) is 7.11 Å². The van der Waals surface area contributed by atoms with Gasteiger partial charge in [-0.1, -0.05) is 50.1 Å². The molecule has 0 aromatic heterocycles. The lowest BCUT2D eigenvalue weighted by Gasteiger charge is -2.05. The van der Waals surface area contributed by atoms with Crippen LogP contribution in [0.1, 0.15) is 0 Å². The molecule has 0 aliphatic rings. The van der Waals surface area contributed by atoms with E-state index in [0.29, 0.717) is 0 Å². The van der Waals surface area contributed by atoms with E-state index in [1.54, 1.807) is 7.11 Å². The molecular formula is C19H16Br2O2. The lowest BCUT2D eigenvalue weighted by Crippen LogP contribution is -1.82. The van der Waals surface area contributed by atoms with E-state index >= 15 is 0 Å². The first-order valence-electron chi connectivity index (χ1n) is 6.95. The topological polar surface area (TPSA) is 18.5 Å². The van der Waals surface area contributed by atoms with Gasteiger partial charge in [0.2, 0.25) is 0 Å². The molecule has 0 atom stereocenters. The van der Waals surface area contributed by atoms with Crippen molar-refractivity contribution >= 4 is 31.9 Å². The zero-order chi connectivity index (χ0) is 16.5. The van der Waals surface area contributed by atoms with Crippen LogP contribution in [0.15, 0.2) is 87.8 Å². The predicted octanol–water partition coefficient (Wildman–Crippen LogP) is 6.70. The second-order valence-corrected chi connectivity index (χ2v) is 6.36. The summed E-state index contributed by atoms with van der Waals surface area (Å²) >= 11 is 6.76. The summed E-state index contributed by atoms with van der Waals surface area (Å²) in [5.74, 6) is 2.58. The first kappa shape index (κ1) is 17.6. The van der Waals surface area contributed by atoms with Crippen molar-refractivity contribution in [2.45, 2.75) is 0 Å². The maximum Gasteiger partial charge on any atom is 0.127 e. The standard InChI is InChI=1S/C12H8Br2O.C7H8O/c13-9-1-5-11(6-2-9)15-12-7-3-10(14)4-8-12;1-8-7-5-3-2-4-6-7/h1-8H;2-6H,1H3. The highest BCUT2D eigenvalue weighted by molar-refractivity contribution is 9.10. The number of ether oxygens (including phenoxy) is 2. The van der Waals surface area contributed by atoms with Crippen LogP contribution in [0.5, 0.6) is 17.2 Å². The van der Waals surface area contributed by atoms with Gasteiger partial charge in [-0.15, -0.1) is 0 Å². The Balaban J connectivity index is 0.000000203. The summed E-state index contributed by atoms with van der Waals surface area (Å²) < 4.78 is 12.7. The van der Waals surface area contributed by atoms with Gasteiger partial charge in [-0.05, 0) is 60.7 Å². The van der Waals surface area contributed by atoms with E-state index in [2.05, 4.69) is 31.9 Å². The van der Waals surface area contributed by atoms with Crippen LogP contribution >= 0.6 is 31.9 Å². The molecule has 0 radical (unpaired) electrons. The van der Waals surface area contributed by atoms with E-state index < -0.39 is 0 Å². The van der Waals surface area contributed by atoms with E-state index in [1.807, 2.05) is 78.9 Å². The van der Waals surface area contributed by atoms with Gasteiger partial charge >= 0.3 is 0 Å². The molecule has 0 saturated carbocycles. The summed E-state index contributed by atoms with van der Waals surface area (Å²) in [5.41, 5.74) is 0. The van der Waals surface area contributed by atoms with Crippen molar-refractivity contribution in [3.63, 3.8) is 0 Å². The summed E-state index contributed by atoms with van der Waals surface area (Å²) in [7, 11) is 1.66. The summed E-state index contributed by atoms with van der Waals surface area (Å²) in [4.78, 5) is 0. The van der Waals surface area contributed by atoms with Crippen LogP contribution in [0, 0.1) is 0 Å². The van der Waals surface area contributed by atoms with E-state index in [0.717, 1.165) is 26.2 Å². The van der Waals surface area contributed by atoms with Crippen LogP contribution in [0.3, 0.4) is 0 Å². The molecule has 0 aliphatic carbocycles. The quantitative estimate of drug-likeness (QED) is 0.455. The van der Waals surface area contributed by atoms with E-state index in [4.69, 9.17) is 9.47 Å². The maximum absolute atomic E-state index is 5.65. The largest absolute Gasteiger partial charge is 0.497 e. The molecule has 2 nitrogen and oxygen atoms in total. The average molecular weight is 436 g/mol. The highest BCUT2D eigenvalue weighted by Crippen LogP contribution is 2.24. The van der Waals surface area contributed by atoms with Crippen molar-refractivity contribution in [1.29, 1.82) is 0 Å². The Labute approximate surface area is 153 Å². The second-order valence-electron chi connectivity index (χ2n) is 4.53. The third-order valence-electron chi connectivity index (χ3n) is 2.84. The number of methoxy groups -OCH3 is 1. The van der Waals surface area contributed by atoms with Crippen molar-refractivity contribution in [2.24, 2.45) is 0 Å². The van der Waals surface area contributed by atoms with Gasteiger partial charge in [0.15, 0.2) is 0 Å². The maximum atomic E-state index is 5.65. The summed E-state index contributed by atoms with van der Waals surface area (Å²) in [6.07, 6.45) is 0. The van der Waals surface area contributed by atoms with Gasteiger partial charge in [-0.2, -0.15) is 0 Å². The monoisotopic (exact) mass is 434 g/mol. The highest BCUT2D eigenvalue weighted by atomic mass is 79.9. The third kappa shape index (κ3) is 6.47. The molecule has 3 aromatic rings. The van der Waals surface area contributed by atoms with E-state index in [9.17, 15) is 0 Å². The van der Waals surface area contributed by atoms with Crippen LogP contribution in [-0.2, 0) is 0 Å². The first-order chi connectivity index (χ1) is 11.2. The number of halogens is 2. The summed E-state index contributed by atoms with van der Waals surface area (Å²) in [6.45, 7) is 0. The summed E-state index contributed by atoms with van der Waals surface area (Å²) in [6, 6.07) is 25.2. The molecular weight excluding hydrogens is 420 g/mol. The first-order valence-corrected chi connectivity index (χ1v) is 8.54. The van der Waals surface area contributed by atoms with Gasteiger partial charge in [-0.3, -0.25) is 0 Å². The molecule has 118 valence electrons. The molecule has 0 aliphatic heterocycles. The van der Waals surface area contributed by atoms with E-state index in [1.165, 1.54) is 0 Å². The second kappa shape index (κ2) is 9.38. The molecule has 0 saturated heterocycles. The molecule has 0 bridgehead atoms. The number of benzene rings is 3. The smallest absolute Gasteiger partial charge is 0.127 e. The molecule has 0 amide bonds. The predicted molar refractivity (Wildman–Crippen MR) is 101 cm³/mol. The Hall–Kier alpha value is -1.78. The molecule has 0 fully saturated rings. The fourth-order valence-electron chi connectivity index (χ4n) is 1.70. The molecule has 4 heteroatoms. The number of para-hydroxylation sites is 1. The SMILES string of the molecule is Brc1ccc(Oc2ccc(Br)cc2)cc1.COc1ccccc1. The molecule has 0 unspecified atom stereocenters. The van der Waals surface area contributed by atoms with Crippen LogP contribution < -0.4 is 9.47 Å². The van der Waals surface area contributed by atoms with Gasteiger partial charge in [-0.25, -0.2) is 0 Å². The minimum Gasteiger partial charge on any atom is -0.497 e. The summed E-state index contributed by atoms with van der Waals surface area (Å²) in [5, 5.41) is 0. The Kier molecular flexibility index (Phi) is 7.17. The van der Waals surface area contributed by atoms with Gasteiger partial charge in [0.25, 0.3) is 0 Å². The van der Waals surface area contributed by atoms with Crippen LogP contribution in [0.4, 0.5) is 0 Å². The minimum absolute atomic E-state index is 0.834. The molecule has 0 spiro atoms. The Morgan fingerprint density at radius 1 is 0.565 bits per heavy atom. The van der Waals surface area contributed by atoms with Gasteiger partial charge < -0.3 is 9.47 Å².